The Labute approximate surface area is 124 Å². The Kier molecular flexibility index (Phi) is 10.3. The molecular weight excluding hydrogens is 250 g/mol. The molecule has 3 nitrogen and oxygen atoms in total. The summed E-state index contributed by atoms with van der Waals surface area (Å²) in [6.45, 7) is 2.27. The normalized spacial score (nSPS) is 17.6. The third-order valence-electron chi connectivity index (χ3n) is 4.00. The average Bonchev–Trinajstić information content (AvgIpc) is 2.85. The van der Waals surface area contributed by atoms with E-state index in [0.29, 0.717) is 0 Å². The summed E-state index contributed by atoms with van der Waals surface area (Å²) in [5.41, 5.74) is 0. The molecule has 3 heteroatoms. The molecule has 0 aliphatic carbocycles. The van der Waals surface area contributed by atoms with Crippen molar-refractivity contribution in [2.45, 2.75) is 96.5 Å². The fourth-order valence-corrected chi connectivity index (χ4v) is 2.66. The van der Waals surface area contributed by atoms with Gasteiger partial charge in [-0.2, -0.15) is 4.99 Å². The Morgan fingerprint density at radius 1 is 0.900 bits per heavy atom. The zero-order valence-electron chi connectivity index (χ0n) is 13.1. The molecule has 0 radical (unpaired) electrons. The van der Waals surface area contributed by atoms with Gasteiger partial charge >= 0.3 is 0 Å². The number of amides is 1. The lowest BCUT2D eigenvalue weighted by molar-refractivity contribution is -0.122. The van der Waals surface area contributed by atoms with Crippen LogP contribution >= 0.6 is 0 Å². The maximum Gasteiger partial charge on any atom is 0.289 e. The first-order valence-electron chi connectivity index (χ1n) is 8.56. The molecule has 1 atom stereocenters. The van der Waals surface area contributed by atoms with Crippen LogP contribution < -0.4 is 0 Å². The molecule has 0 fully saturated rings. The molecule has 1 rings (SSSR count). The van der Waals surface area contributed by atoms with E-state index in [1.165, 1.54) is 77.0 Å². The lowest BCUT2D eigenvalue weighted by Crippen LogP contribution is -2.15. The van der Waals surface area contributed by atoms with Crippen LogP contribution in [0, 0.1) is 0 Å². The maximum atomic E-state index is 11.2. The summed E-state index contributed by atoms with van der Waals surface area (Å²) < 4.78 is 5.12. The number of hydrogen-bond donors (Lipinski definition) is 0. The van der Waals surface area contributed by atoms with Gasteiger partial charge in [-0.05, 0) is 12.8 Å². The van der Waals surface area contributed by atoms with Crippen molar-refractivity contribution in [2.24, 2.45) is 4.99 Å². The second-order valence-corrected chi connectivity index (χ2v) is 5.88. The van der Waals surface area contributed by atoms with Crippen molar-refractivity contribution >= 4 is 12.3 Å². The highest BCUT2D eigenvalue weighted by molar-refractivity contribution is 5.91. The molecule has 1 aliphatic heterocycles. The first kappa shape index (κ1) is 17.2. The molecule has 0 bridgehead atoms. The van der Waals surface area contributed by atoms with Gasteiger partial charge in [0.05, 0.1) is 0 Å². The van der Waals surface area contributed by atoms with Crippen LogP contribution in [0.25, 0.3) is 0 Å². The van der Waals surface area contributed by atoms with Crippen molar-refractivity contribution in [1.29, 1.82) is 0 Å². The predicted octanol–water partition coefficient (Wildman–Crippen LogP) is 5.03. The Morgan fingerprint density at radius 3 is 1.85 bits per heavy atom. The lowest BCUT2D eigenvalue weighted by atomic mass is 10.0. The molecule has 1 amide bonds. The average molecular weight is 281 g/mol. The van der Waals surface area contributed by atoms with Gasteiger partial charge in [0.15, 0.2) is 12.5 Å². The van der Waals surface area contributed by atoms with Crippen LogP contribution in [0.4, 0.5) is 0 Å². The SMILES string of the molecule is CCCCCCCCCCCCCCC1OC=NC1=O. The zero-order valence-corrected chi connectivity index (χ0v) is 13.1. The molecule has 0 spiro atoms. The van der Waals surface area contributed by atoms with Crippen LogP contribution in [0.15, 0.2) is 4.99 Å². The molecular formula is C17H31NO2. The molecule has 1 aliphatic rings. The predicted molar refractivity (Wildman–Crippen MR) is 84.1 cm³/mol. The van der Waals surface area contributed by atoms with Crippen molar-refractivity contribution in [3.63, 3.8) is 0 Å². The van der Waals surface area contributed by atoms with Gasteiger partial charge in [0, 0.05) is 0 Å². The summed E-state index contributed by atoms with van der Waals surface area (Å²) in [4.78, 5) is 14.8. The van der Waals surface area contributed by atoms with Crippen LogP contribution in [0.1, 0.15) is 90.4 Å². The van der Waals surface area contributed by atoms with Crippen LogP contribution in [-0.2, 0) is 9.53 Å². The van der Waals surface area contributed by atoms with E-state index in [-0.39, 0.29) is 12.0 Å². The first-order valence-corrected chi connectivity index (χ1v) is 8.56. The number of carbonyl (C=O) groups excluding carboxylic acids is 1. The molecule has 116 valence electrons. The van der Waals surface area contributed by atoms with Gasteiger partial charge in [0.25, 0.3) is 5.91 Å². The minimum Gasteiger partial charge on any atom is -0.470 e. The number of nitrogens with zero attached hydrogens (tertiary/aromatic N) is 1. The molecule has 0 aromatic rings. The van der Waals surface area contributed by atoms with Crippen molar-refractivity contribution < 1.29 is 9.53 Å². The van der Waals surface area contributed by atoms with Gasteiger partial charge in [0.2, 0.25) is 0 Å². The largest absolute Gasteiger partial charge is 0.470 e. The van der Waals surface area contributed by atoms with E-state index >= 15 is 0 Å². The fraction of sp³-hybridized carbons (Fsp3) is 0.882. The minimum absolute atomic E-state index is 0.104. The fourth-order valence-electron chi connectivity index (χ4n) is 2.66. The van der Waals surface area contributed by atoms with Crippen LogP contribution in [0.2, 0.25) is 0 Å². The van der Waals surface area contributed by atoms with Crippen LogP contribution in [0.5, 0.6) is 0 Å². The molecule has 0 saturated heterocycles. The van der Waals surface area contributed by atoms with Crippen molar-refractivity contribution in [3.05, 3.63) is 0 Å². The third-order valence-corrected chi connectivity index (χ3v) is 4.00. The lowest BCUT2D eigenvalue weighted by Gasteiger charge is -2.06. The Balaban J connectivity index is 1.73. The zero-order chi connectivity index (χ0) is 14.5. The smallest absolute Gasteiger partial charge is 0.289 e. The first-order chi connectivity index (χ1) is 9.84. The highest BCUT2D eigenvalue weighted by Gasteiger charge is 2.21. The Morgan fingerprint density at radius 2 is 1.40 bits per heavy atom. The Hall–Kier alpha value is -0.860. The molecule has 0 aromatic heterocycles. The van der Waals surface area contributed by atoms with Crippen molar-refractivity contribution in [1.82, 2.24) is 0 Å². The second kappa shape index (κ2) is 11.9. The summed E-state index contributed by atoms with van der Waals surface area (Å²) in [6.07, 6.45) is 17.9. The Bertz CT molecular complexity index is 276. The molecule has 20 heavy (non-hydrogen) atoms. The quantitative estimate of drug-likeness (QED) is 0.444. The molecule has 0 saturated carbocycles. The summed E-state index contributed by atoms with van der Waals surface area (Å²) in [7, 11) is 0. The van der Waals surface area contributed by atoms with Crippen molar-refractivity contribution in [3.8, 4) is 0 Å². The van der Waals surface area contributed by atoms with Crippen molar-refractivity contribution in [2.75, 3.05) is 0 Å². The van der Waals surface area contributed by atoms with Gasteiger partial charge in [-0.25, -0.2) is 0 Å². The standard InChI is InChI=1S/C17H31NO2/c1-2-3-4-5-6-7-8-9-10-11-12-13-14-16-17(19)18-15-20-16/h15-16H,2-14H2,1H3. The number of carbonyl (C=O) groups is 1. The van der Waals surface area contributed by atoms with E-state index in [1.54, 1.807) is 0 Å². The van der Waals surface area contributed by atoms with Gasteiger partial charge < -0.3 is 4.74 Å². The van der Waals surface area contributed by atoms with E-state index in [0.717, 1.165) is 12.8 Å². The summed E-state index contributed by atoms with van der Waals surface area (Å²) in [5, 5.41) is 0. The molecule has 0 N–H and O–H groups in total. The topological polar surface area (TPSA) is 38.7 Å². The third kappa shape index (κ3) is 8.34. The highest BCUT2D eigenvalue weighted by Crippen LogP contribution is 2.15. The number of hydrogen-bond acceptors (Lipinski definition) is 2. The molecule has 1 heterocycles. The highest BCUT2D eigenvalue weighted by atomic mass is 16.5. The van der Waals surface area contributed by atoms with Crippen LogP contribution in [0.3, 0.4) is 0 Å². The van der Waals surface area contributed by atoms with E-state index in [1.807, 2.05) is 0 Å². The molecule has 1 unspecified atom stereocenters. The number of aliphatic imine (C=N–C) groups is 1. The maximum absolute atomic E-state index is 11.2. The second-order valence-electron chi connectivity index (χ2n) is 5.88. The van der Waals surface area contributed by atoms with Gasteiger partial charge in [-0.15, -0.1) is 0 Å². The van der Waals surface area contributed by atoms with Gasteiger partial charge in [-0.3, -0.25) is 4.79 Å². The van der Waals surface area contributed by atoms with E-state index in [2.05, 4.69) is 11.9 Å². The summed E-state index contributed by atoms with van der Waals surface area (Å²) in [6, 6.07) is 0. The molecule has 0 aromatic carbocycles. The minimum atomic E-state index is -0.280. The number of unbranched alkanes of at least 4 members (excludes halogenated alkanes) is 11. The van der Waals surface area contributed by atoms with Gasteiger partial charge in [0.1, 0.15) is 0 Å². The monoisotopic (exact) mass is 281 g/mol. The summed E-state index contributed by atoms with van der Waals surface area (Å²) >= 11 is 0. The summed E-state index contributed by atoms with van der Waals surface area (Å²) in [5.74, 6) is -0.104. The van der Waals surface area contributed by atoms with Gasteiger partial charge in [-0.1, -0.05) is 77.6 Å². The van der Waals surface area contributed by atoms with E-state index < -0.39 is 0 Å². The van der Waals surface area contributed by atoms with E-state index in [9.17, 15) is 4.79 Å². The number of rotatable bonds is 13. The van der Waals surface area contributed by atoms with E-state index in [4.69, 9.17) is 4.74 Å². The number of ether oxygens (including phenoxy) is 1. The van der Waals surface area contributed by atoms with Crippen LogP contribution in [-0.4, -0.2) is 18.4 Å².